The van der Waals surface area contributed by atoms with Crippen LogP contribution in [0.15, 0.2) is 16.8 Å². The van der Waals surface area contributed by atoms with Gasteiger partial charge < -0.3 is 4.52 Å². The smallest absolute Gasteiger partial charge is 0.230 e. The van der Waals surface area contributed by atoms with Crippen molar-refractivity contribution in [3.63, 3.8) is 0 Å². The molecule has 0 bridgehead atoms. The number of thioether (sulfide) groups is 1. The van der Waals surface area contributed by atoms with Gasteiger partial charge in [0.05, 0.1) is 0 Å². The molecule has 4 rings (SSSR count). The fourth-order valence-corrected chi connectivity index (χ4v) is 4.42. The van der Waals surface area contributed by atoms with Crippen molar-refractivity contribution in [1.82, 2.24) is 15.1 Å². The summed E-state index contributed by atoms with van der Waals surface area (Å²) in [5.74, 6) is 4.25. The molecule has 0 spiro atoms. The molecular weight excluding hydrogens is 282 g/mol. The van der Waals surface area contributed by atoms with E-state index in [4.69, 9.17) is 4.52 Å². The third kappa shape index (κ3) is 2.59. The average molecular weight is 301 g/mol. The molecule has 110 valence electrons. The van der Waals surface area contributed by atoms with Crippen molar-refractivity contribution >= 4 is 11.8 Å². The highest BCUT2D eigenvalue weighted by molar-refractivity contribution is 7.99. The van der Waals surface area contributed by atoms with Crippen molar-refractivity contribution in [1.29, 1.82) is 0 Å². The predicted molar refractivity (Wildman–Crippen MR) is 83.5 cm³/mol. The van der Waals surface area contributed by atoms with E-state index in [2.05, 4.69) is 21.2 Å². The summed E-state index contributed by atoms with van der Waals surface area (Å²) in [6, 6.07) is 2.14. The normalized spacial score (nSPS) is 22.0. The Kier molecular flexibility index (Phi) is 3.67. The lowest BCUT2D eigenvalue weighted by Gasteiger charge is -2.17. The molecule has 0 saturated carbocycles. The van der Waals surface area contributed by atoms with Crippen LogP contribution < -0.4 is 0 Å². The van der Waals surface area contributed by atoms with Crippen LogP contribution >= 0.6 is 11.8 Å². The van der Waals surface area contributed by atoms with Gasteiger partial charge in [0.25, 0.3) is 0 Å². The Morgan fingerprint density at radius 3 is 3.05 bits per heavy atom. The number of fused-ring (bicyclic) bond motifs is 1. The standard InChI is InChI=1S/C16H19N3OS/c1-2-6-13-11(4-1)7-8-17-14(13)15-18-16(20-19-15)12-5-3-9-21-10-12/h7-8,12H,1-6,9-10H2. The summed E-state index contributed by atoms with van der Waals surface area (Å²) in [6.07, 6.45) is 9.02. The Morgan fingerprint density at radius 1 is 1.19 bits per heavy atom. The second kappa shape index (κ2) is 5.79. The van der Waals surface area contributed by atoms with Crippen LogP contribution in [-0.2, 0) is 12.8 Å². The van der Waals surface area contributed by atoms with Crippen LogP contribution in [-0.4, -0.2) is 26.6 Å². The Morgan fingerprint density at radius 2 is 2.14 bits per heavy atom. The molecule has 5 heteroatoms. The number of aromatic nitrogens is 3. The van der Waals surface area contributed by atoms with E-state index < -0.39 is 0 Å². The van der Waals surface area contributed by atoms with Gasteiger partial charge in [-0.2, -0.15) is 16.7 Å². The topological polar surface area (TPSA) is 51.8 Å². The Labute approximate surface area is 128 Å². The quantitative estimate of drug-likeness (QED) is 0.848. The van der Waals surface area contributed by atoms with E-state index in [1.807, 2.05) is 18.0 Å². The van der Waals surface area contributed by atoms with E-state index in [9.17, 15) is 0 Å². The molecule has 0 aromatic carbocycles. The molecule has 0 N–H and O–H groups in total. The predicted octanol–water partition coefficient (Wildman–Crippen LogP) is 3.62. The van der Waals surface area contributed by atoms with Gasteiger partial charge in [-0.15, -0.1) is 0 Å². The molecule has 1 unspecified atom stereocenters. The van der Waals surface area contributed by atoms with Crippen molar-refractivity contribution in [3.05, 3.63) is 29.3 Å². The first-order valence-corrected chi connectivity index (χ1v) is 8.96. The summed E-state index contributed by atoms with van der Waals surface area (Å²) in [7, 11) is 0. The minimum atomic E-state index is 0.421. The van der Waals surface area contributed by atoms with Gasteiger partial charge >= 0.3 is 0 Å². The molecule has 3 heterocycles. The first-order chi connectivity index (χ1) is 10.4. The fraction of sp³-hybridized carbons (Fsp3) is 0.562. The molecule has 0 amide bonds. The number of aryl methyl sites for hydroxylation is 1. The molecule has 2 aromatic heterocycles. The second-order valence-electron chi connectivity index (χ2n) is 5.87. The van der Waals surface area contributed by atoms with Crippen LogP contribution in [0.1, 0.15) is 48.6 Å². The van der Waals surface area contributed by atoms with E-state index >= 15 is 0 Å². The largest absolute Gasteiger partial charge is 0.339 e. The van der Waals surface area contributed by atoms with Gasteiger partial charge in [-0.05, 0) is 61.5 Å². The minimum Gasteiger partial charge on any atom is -0.339 e. The van der Waals surface area contributed by atoms with Gasteiger partial charge in [0.15, 0.2) is 0 Å². The lowest BCUT2D eigenvalue weighted by Crippen LogP contribution is -2.09. The number of nitrogens with zero attached hydrogens (tertiary/aromatic N) is 3. The van der Waals surface area contributed by atoms with Crippen molar-refractivity contribution in [2.45, 2.75) is 44.4 Å². The van der Waals surface area contributed by atoms with Gasteiger partial charge in [0.2, 0.25) is 11.7 Å². The maximum Gasteiger partial charge on any atom is 0.230 e. The van der Waals surface area contributed by atoms with Crippen LogP contribution in [0.3, 0.4) is 0 Å². The first kappa shape index (κ1) is 13.3. The summed E-state index contributed by atoms with van der Waals surface area (Å²) in [5.41, 5.74) is 3.67. The van der Waals surface area contributed by atoms with Crippen molar-refractivity contribution < 1.29 is 4.52 Å². The minimum absolute atomic E-state index is 0.421. The third-order valence-electron chi connectivity index (χ3n) is 4.44. The van der Waals surface area contributed by atoms with E-state index in [0.29, 0.717) is 11.7 Å². The van der Waals surface area contributed by atoms with Gasteiger partial charge in [0.1, 0.15) is 5.69 Å². The zero-order valence-corrected chi connectivity index (χ0v) is 12.9. The molecule has 1 aliphatic carbocycles. The maximum atomic E-state index is 5.54. The summed E-state index contributed by atoms with van der Waals surface area (Å²) >= 11 is 1.98. The lowest BCUT2D eigenvalue weighted by molar-refractivity contribution is 0.353. The molecule has 1 atom stereocenters. The van der Waals surface area contributed by atoms with Crippen molar-refractivity contribution in [3.8, 4) is 11.5 Å². The summed E-state index contributed by atoms with van der Waals surface area (Å²) in [4.78, 5) is 9.19. The molecule has 0 radical (unpaired) electrons. The van der Waals surface area contributed by atoms with Crippen LogP contribution in [0.5, 0.6) is 0 Å². The molecule has 2 aromatic rings. The first-order valence-electron chi connectivity index (χ1n) is 7.80. The average Bonchev–Trinajstić information content (AvgIpc) is 3.05. The molecule has 1 saturated heterocycles. The van der Waals surface area contributed by atoms with E-state index in [1.165, 1.54) is 36.1 Å². The molecular formula is C16H19N3OS. The summed E-state index contributed by atoms with van der Waals surface area (Å²) in [6.45, 7) is 0. The van der Waals surface area contributed by atoms with E-state index in [0.717, 1.165) is 36.6 Å². The van der Waals surface area contributed by atoms with Gasteiger partial charge in [-0.25, -0.2) is 0 Å². The Balaban J connectivity index is 1.66. The summed E-state index contributed by atoms with van der Waals surface area (Å²) in [5, 5.41) is 4.21. The molecule has 4 nitrogen and oxygen atoms in total. The van der Waals surface area contributed by atoms with E-state index in [-0.39, 0.29) is 0 Å². The van der Waals surface area contributed by atoms with Gasteiger partial charge in [-0.3, -0.25) is 4.98 Å². The lowest BCUT2D eigenvalue weighted by atomic mass is 9.91. The fourth-order valence-electron chi connectivity index (χ4n) is 3.29. The number of hydrogen-bond donors (Lipinski definition) is 0. The van der Waals surface area contributed by atoms with Crippen molar-refractivity contribution in [2.75, 3.05) is 11.5 Å². The number of hydrogen-bond acceptors (Lipinski definition) is 5. The van der Waals surface area contributed by atoms with Crippen LogP contribution in [0.4, 0.5) is 0 Å². The molecule has 1 aliphatic heterocycles. The van der Waals surface area contributed by atoms with Crippen LogP contribution in [0.2, 0.25) is 0 Å². The van der Waals surface area contributed by atoms with E-state index in [1.54, 1.807) is 0 Å². The summed E-state index contributed by atoms with van der Waals surface area (Å²) < 4.78 is 5.54. The van der Waals surface area contributed by atoms with Crippen molar-refractivity contribution in [2.24, 2.45) is 0 Å². The maximum absolute atomic E-state index is 5.54. The number of pyridine rings is 1. The van der Waals surface area contributed by atoms with Gasteiger partial charge in [-0.1, -0.05) is 5.16 Å². The highest BCUT2D eigenvalue weighted by atomic mass is 32.2. The Bertz CT molecular complexity index is 634. The number of rotatable bonds is 2. The van der Waals surface area contributed by atoms with Crippen LogP contribution in [0, 0.1) is 0 Å². The Hall–Kier alpha value is -1.36. The zero-order valence-electron chi connectivity index (χ0n) is 12.0. The second-order valence-corrected chi connectivity index (χ2v) is 7.02. The zero-order chi connectivity index (χ0) is 14.1. The third-order valence-corrected chi connectivity index (χ3v) is 5.65. The molecule has 2 aliphatic rings. The van der Waals surface area contributed by atoms with Crippen LogP contribution in [0.25, 0.3) is 11.5 Å². The molecule has 21 heavy (non-hydrogen) atoms. The highest BCUT2D eigenvalue weighted by Crippen LogP contribution is 2.32. The monoisotopic (exact) mass is 301 g/mol. The SMILES string of the molecule is c1cc2c(c(-c3noc(C4CCCSC4)n3)n1)CCCC2. The highest BCUT2D eigenvalue weighted by Gasteiger charge is 2.24. The van der Waals surface area contributed by atoms with Gasteiger partial charge in [0, 0.05) is 17.9 Å². The molecule has 1 fully saturated rings.